The van der Waals surface area contributed by atoms with E-state index in [9.17, 15) is 14.4 Å². The SMILES string of the molecule is CC(=O)OCCCn1nc(COC(N)=O)c2c1CC(C)CC2=O. The van der Waals surface area contributed by atoms with Crippen LogP contribution in [0.15, 0.2) is 0 Å². The van der Waals surface area contributed by atoms with E-state index >= 15 is 0 Å². The van der Waals surface area contributed by atoms with Crippen LogP contribution in [0.1, 0.15) is 48.4 Å². The minimum atomic E-state index is -0.903. The first-order valence-corrected chi connectivity index (χ1v) is 7.55. The molecule has 0 radical (unpaired) electrons. The van der Waals surface area contributed by atoms with E-state index in [0.717, 1.165) is 12.1 Å². The van der Waals surface area contributed by atoms with Gasteiger partial charge in [0.2, 0.25) is 0 Å². The number of fused-ring (bicyclic) bond motifs is 1. The molecule has 2 rings (SSSR count). The number of rotatable bonds is 6. The highest BCUT2D eigenvalue weighted by atomic mass is 16.5. The van der Waals surface area contributed by atoms with Crippen molar-refractivity contribution < 1.29 is 23.9 Å². The highest BCUT2D eigenvalue weighted by molar-refractivity contribution is 5.99. The van der Waals surface area contributed by atoms with Gasteiger partial charge in [0.15, 0.2) is 5.78 Å². The lowest BCUT2D eigenvalue weighted by Crippen LogP contribution is -2.21. The van der Waals surface area contributed by atoms with E-state index in [2.05, 4.69) is 5.10 Å². The minimum absolute atomic E-state index is 0.00746. The molecule has 8 nitrogen and oxygen atoms in total. The summed E-state index contributed by atoms with van der Waals surface area (Å²) < 4.78 is 11.4. The number of carbonyl (C=O) groups is 3. The van der Waals surface area contributed by atoms with E-state index in [4.69, 9.17) is 15.2 Å². The number of amides is 1. The fraction of sp³-hybridized carbons (Fsp3) is 0.600. The molecule has 0 aliphatic heterocycles. The van der Waals surface area contributed by atoms with Gasteiger partial charge in [-0.15, -0.1) is 0 Å². The van der Waals surface area contributed by atoms with Crippen LogP contribution in [0, 0.1) is 5.92 Å². The normalized spacial score (nSPS) is 16.8. The molecule has 1 atom stereocenters. The molecule has 0 saturated heterocycles. The van der Waals surface area contributed by atoms with E-state index in [1.165, 1.54) is 6.92 Å². The lowest BCUT2D eigenvalue weighted by molar-refractivity contribution is -0.141. The van der Waals surface area contributed by atoms with Crippen LogP contribution >= 0.6 is 0 Å². The predicted octanol–water partition coefficient (Wildman–Crippen LogP) is 1.20. The van der Waals surface area contributed by atoms with Crippen molar-refractivity contribution in [3.8, 4) is 0 Å². The Bertz CT molecular complexity index is 623. The second-order valence-corrected chi connectivity index (χ2v) is 5.73. The molecule has 1 amide bonds. The number of ether oxygens (including phenoxy) is 2. The van der Waals surface area contributed by atoms with Crippen LogP contribution in [-0.4, -0.2) is 34.2 Å². The second-order valence-electron chi connectivity index (χ2n) is 5.73. The number of primary amides is 1. The van der Waals surface area contributed by atoms with Gasteiger partial charge in [-0.05, 0) is 12.3 Å². The second kappa shape index (κ2) is 7.26. The van der Waals surface area contributed by atoms with Crippen molar-refractivity contribution in [1.29, 1.82) is 0 Å². The smallest absolute Gasteiger partial charge is 0.404 e. The predicted molar refractivity (Wildman–Crippen MR) is 79.7 cm³/mol. The third-order valence-electron chi connectivity index (χ3n) is 3.66. The van der Waals surface area contributed by atoms with Gasteiger partial charge in [-0.25, -0.2) is 4.79 Å². The van der Waals surface area contributed by atoms with Crippen molar-refractivity contribution in [3.63, 3.8) is 0 Å². The summed E-state index contributed by atoms with van der Waals surface area (Å²) in [6, 6.07) is 0. The molecule has 1 aromatic rings. The van der Waals surface area contributed by atoms with Crippen LogP contribution < -0.4 is 5.73 Å². The molecule has 0 saturated carbocycles. The maximum Gasteiger partial charge on any atom is 0.404 e. The first-order valence-electron chi connectivity index (χ1n) is 7.55. The lowest BCUT2D eigenvalue weighted by atomic mass is 9.87. The zero-order valence-corrected chi connectivity index (χ0v) is 13.3. The molecule has 0 spiro atoms. The third kappa shape index (κ3) is 4.30. The summed E-state index contributed by atoms with van der Waals surface area (Å²) in [5, 5.41) is 4.39. The molecule has 1 aliphatic carbocycles. The van der Waals surface area contributed by atoms with Gasteiger partial charge in [0, 0.05) is 32.0 Å². The molecule has 1 heterocycles. The maximum atomic E-state index is 12.3. The van der Waals surface area contributed by atoms with E-state index in [1.807, 2.05) is 6.92 Å². The van der Waals surface area contributed by atoms with Crippen molar-refractivity contribution in [2.24, 2.45) is 11.7 Å². The van der Waals surface area contributed by atoms with Gasteiger partial charge in [0.25, 0.3) is 0 Å². The van der Waals surface area contributed by atoms with Crippen molar-refractivity contribution in [2.75, 3.05) is 6.61 Å². The fourth-order valence-electron chi connectivity index (χ4n) is 2.76. The maximum absolute atomic E-state index is 12.3. The van der Waals surface area contributed by atoms with Crippen LogP contribution in [0.2, 0.25) is 0 Å². The van der Waals surface area contributed by atoms with Crippen molar-refractivity contribution >= 4 is 17.8 Å². The Morgan fingerprint density at radius 3 is 2.74 bits per heavy atom. The Morgan fingerprint density at radius 2 is 2.09 bits per heavy atom. The average molecular weight is 323 g/mol. The zero-order valence-electron chi connectivity index (χ0n) is 13.3. The van der Waals surface area contributed by atoms with Gasteiger partial charge in [-0.1, -0.05) is 6.92 Å². The Kier molecular flexibility index (Phi) is 5.36. The van der Waals surface area contributed by atoms with Gasteiger partial charge in [0.05, 0.1) is 12.2 Å². The number of nitrogens with zero attached hydrogens (tertiary/aromatic N) is 2. The number of Topliss-reactive ketones (excluding diaryl/α,β-unsaturated/α-hetero) is 1. The first kappa shape index (κ1) is 17.0. The molecule has 1 unspecified atom stereocenters. The standard InChI is InChI=1S/C15H21N3O5/c1-9-6-12-14(13(20)7-9)11(8-23-15(16)21)17-18(12)4-3-5-22-10(2)19/h9H,3-8H2,1-2H3,(H2,16,21). The molecule has 0 aromatic carbocycles. The lowest BCUT2D eigenvalue weighted by Gasteiger charge is -2.19. The van der Waals surface area contributed by atoms with Gasteiger partial charge in [-0.2, -0.15) is 5.10 Å². The van der Waals surface area contributed by atoms with Crippen LogP contribution in [0.25, 0.3) is 0 Å². The van der Waals surface area contributed by atoms with E-state index < -0.39 is 6.09 Å². The highest BCUT2D eigenvalue weighted by Crippen LogP contribution is 2.28. The van der Waals surface area contributed by atoms with Gasteiger partial charge >= 0.3 is 12.1 Å². The molecule has 23 heavy (non-hydrogen) atoms. The van der Waals surface area contributed by atoms with E-state index in [0.29, 0.717) is 37.3 Å². The fourth-order valence-corrected chi connectivity index (χ4v) is 2.76. The quantitative estimate of drug-likeness (QED) is 0.621. The Labute approximate surface area is 133 Å². The number of ketones is 1. The highest BCUT2D eigenvalue weighted by Gasteiger charge is 2.30. The molecule has 0 bridgehead atoms. The van der Waals surface area contributed by atoms with Crippen molar-refractivity contribution in [1.82, 2.24) is 9.78 Å². The first-order chi connectivity index (χ1) is 10.9. The number of esters is 1. The van der Waals surface area contributed by atoms with Gasteiger partial charge < -0.3 is 15.2 Å². The third-order valence-corrected chi connectivity index (χ3v) is 3.66. The van der Waals surface area contributed by atoms with Crippen molar-refractivity contribution in [2.45, 2.75) is 46.3 Å². The molecule has 0 fully saturated rings. The molecule has 1 aromatic heterocycles. The Balaban J connectivity index is 2.17. The van der Waals surface area contributed by atoms with Crippen LogP contribution in [-0.2, 0) is 33.8 Å². The molecule has 1 aliphatic rings. The van der Waals surface area contributed by atoms with E-state index in [1.54, 1.807) is 4.68 Å². The zero-order chi connectivity index (χ0) is 17.0. The molecular formula is C15H21N3O5. The summed E-state index contributed by atoms with van der Waals surface area (Å²) in [5.41, 5.74) is 6.80. The van der Waals surface area contributed by atoms with E-state index in [-0.39, 0.29) is 24.3 Å². The number of aromatic nitrogens is 2. The Hall–Kier alpha value is -2.38. The van der Waals surface area contributed by atoms with Crippen LogP contribution in [0.4, 0.5) is 4.79 Å². The largest absolute Gasteiger partial charge is 0.466 e. The monoisotopic (exact) mass is 323 g/mol. The summed E-state index contributed by atoms with van der Waals surface area (Å²) >= 11 is 0. The molecule has 126 valence electrons. The average Bonchev–Trinajstić information content (AvgIpc) is 2.79. The molecular weight excluding hydrogens is 302 g/mol. The van der Waals surface area contributed by atoms with Crippen LogP contribution in [0.3, 0.4) is 0 Å². The summed E-state index contributed by atoms with van der Waals surface area (Å²) in [6.45, 7) is 4.06. The molecule has 8 heteroatoms. The Morgan fingerprint density at radius 1 is 1.35 bits per heavy atom. The number of aryl methyl sites for hydroxylation is 1. The number of carbonyl (C=O) groups excluding carboxylic acids is 3. The summed E-state index contributed by atoms with van der Waals surface area (Å²) in [4.78, 5) is 33.9. The summed E-state index contributed by atoms with van der Waals surface area (Å²) in [7, 11) is 0. The van der Waals surface area contributed by atoms with Gasteiger partial charge in [-0.3, -0.25) is 14.3 Å². The topological polar surface area (TPSA) is 114 Å². The summed E-state index contributed by atoms with van der Waals surface area (Å²) in [6.07, 6.45) is 0.875. The van der Waals surface area contributed by atoms with Gasteiger partial charge in [0.1, 0.15) is 12.3 Å². The number of nitrogens with two attached hydrogens (primary N) is 1. The molecule has 2 N–H and O–H groups in total. The number of hydrogen-bond donors (Lipinski definition) is 1. The number of hydrogen-bond acceptors (Lipinski definition) is 6. The minimum Gasteiger partial charge on any atom is -0.466 e. The summed E-state index contributed by atoms with van der Waals surface area (Å²) in [5.74, 6) is -0.0799. The van der Waals surface area contributed by atoms with Crippen molar-refractivity contribution in [3.05, 3.63) is 17.0 Å². The van der Waals surface area contributed by atoms with Crippen LogP contribution in [0.5, 0.6) is 0 Å².